The van der Waals surface area contributed by atoms with Gasteiger partial charge in [0.05, 0.1) is 27.7 Å². The van der Waals surface area contributed by atoms with Crippen molar-refractivity contribution in [2.24, 2.45) is 0 Å². The Labute approximate surface area is 158 Å². The quantitative estimate of drug-likeness (QED) is 0.748. The van der Waals surface area contributed by atoms with Crippen LogP contribution in [0.5, 0.6) is 0 Å². The van der Waals surface area contributed by atoms with Crippen LogP contribution in [0.4, 0.5) is 5.69 Å². The number of rotatable bonds is 4. The van der Waals surface area contributed by atoms with Crippen molar-refractivity contribution < 1.29 is 13.2 Å². The molecule has 0 spiro atoms. The lowest BCUT2D eigenvalue weighted by molar-refractivity contribution is 0.102. The van der Waals surface area contributed by atoms with Crippen LogP contribution in [0.1, 0.15) is 27.3 Å². The molecule has 1 aromatic heterocycles. The molecule has 0 atom stereocenters. The fraction of sp³-hybridized carbons (Fsp3) is 0.200. The van der Waals surface area contributed by atoms with Crippen LogP contribution in [0.25, 0.3) is 5.69 Å². The van der Waals surface area contributed by atoms with Crippen molar-refractivity contribution in [3.63, 3.8) is 0 Å². The maximum Gasteiger partial charge on any atom is 0.256 e. The fourth-order valence-corrected chi connectivity index (χ4v) is 3.55. The second-order valence-corrected chi connectivity index (χ2v) is 8.51. The van der Waals surface area contributed by atoms with Crippen molar-refractivity contribution in [3.05, 3.63) is 71.0 Å². The molecular formula is C20H21N3O3S. The van der Waals surface area contributed by atoms with E-state index in [4.69, 9.17) is 0 Å². The molecule has 0 saturated carbocycles. The SMILES string of the molecule is Cc1ccc(S(C)(=O)=O)cc1C(=O)Nc1c(C)nn(-c2ccccc2)c1C. The Morgan fingerprint density at radius 1 is 1.04 bits per heavy atom. The summed E-state index contributed by atoms with van der Waals surface area (Å²) in [5, 5.41) is 7.40. The lowest BCUT2D eigenvalue weighted by Gasteiger charge is -2.10. The van der Waals surface area contributed by atoms with E-state index in [9.17, 15) is 13.2 Å². The van der Waals surface area contributed by atoms with Crippen molar-refractivity contribution in [1.82, 2.24) is 9.78 Å². The van der Waals surface area contributed by atoms with Gasteiger partial charge in [0.1, 0.15) is 0 Å². The van der Waals surface area contributed by atoms with Gasteiger partial charge in [-0.1, -0.05) is 24.3 Å². The van der Waals surface area contributed by atoms with Crippen LogP contribution < -0.4 is 5.32 Å². The van der Waals surface area contributed by atoms with Gasteiger partial charge in [-0.15, -0.1) is 0 Å². The molecule has 140 valence electrons. The lowest BCUT2D eigenvalue weighted by Crippen LogP contribution is -2.15. The number of aryl methyl sites for hydroxylation is 2. The number of carbonyl (C=O) groups excluding carboxylic acids is 1. The highest BCUT2D eigenvalue weighted by atomic mass is 32.2. The largest absolute Gasteiger partial charge is 0.319 e. The molecule has 0 bridgehead atoms. The van der Waals surface area contributed by atoms with Gasteiger partial charge in [0.2, 0.25) is 0 Å². The van der Waals surface area contributed by atoms with Gasteiger partial charge in [0, 0.05) is 11.8 Å². The third-order valence-electron chi connectivity index (χ3n) is 4.41. The topological polar surface area (TPSA) is 81.1 Å². The highest BCUT2D eigenvalue weighted by molar-refractivity contribution is 7.90. The number of anilines is 1. The predicted molar refractivity (Wildman–Crippen MR) is 105 cm³/mol. The van der Waals surface area contributed by atoms with Crippen LogP contribution in [0.15, 0.2) is 53.4 Å². The maximum atomic E-state index is 12.8. The molecule has 2 aromatic carbocycles. The number of benzene rings is 2. The molecule has 1 N–H and O–H groups in total. The van der Waals surface area contributed by atoms with E-state index >= 15 is 0 Å². The number of nitrogens with zero attached hydrogens (tertiary/aromatic N) is 2. The van der Waals surface area contributed by atoms with Gasteiger partial charge in [0.15, 0.2) is 9.84 Å². The average Bonchev–Trinajstić information content (AvgIpc) is 2.90. The zero-order valence-electron chi connectivity index (χ0n) is 15.6. The minimum absolute atomic E-state index is 0.117. The first-order chi connectivity index (χ1) is 12.7. The summed E-state index contributed by atoms with van der Waals surface area (Å²) in [4.78, 5) is 12.9. The highest BCUT2D eigenvalue weighted by Gasteiger charge is 2.19. The van der Waals surface area contributed by atoms with Crippen LogP contribution in [0, 0.1) is 20.8 Å². The number of para-hydroxylation sites is 1. The van der Waals surface area contributed by atoms with Gasteiger partial charge in [-0.05, 0) is 50.6 Å². The van der Waals surface area contributed by atoms with E-state index in [0.29, 0.717) is 22.5 Å². The summed E-state index contributed by atoms with van der Waals surface area (Å²) >= 11 is 0. The van der Waals surface area contributed by atoms with Crippen molar-refractivity contribution >= 4 is 21.4 Å². The monoisotopic (exact) mass is 383 g/mol. The highest BCUT2D eigenvalue weighted by Crippen LogP contribution is 2.24. The Bertz CT molecular complexity index is 1120. The summed E-state index contributed by atoms with van der Waals surface area (Å²) in [6.07, 6.45) is 1.12. The first kappa shape index (κ1) is 18.8. The molecule has 1 heterocycles. The van der Waals surface area contributed by atoms with E-state index in [-0.39, 0.29) is 10.8 Å². The number of amides is 1. The molecule has 27 heavy (non-hydrogen) atoms. The molecule has 3 rings (SSSR count). The molecule has 0 radical (unpaired) electrons. The molecule has 0 unspecified atom stereocenters. The molecule has 0 fully saturated rings. The summed E-state index contributed by atoms with van der Waals surface area (Å²) in [5.74, 6) is -0.364. The smallest absolute Gasteiger partial charge is 0.256 e. The first-order valence-electron chi connectivity index (χ1n) is 8.42. The Morgan fingerprint density at radius 2 is 1.70 bits per heavy atom. The van der Waals surface area contributed by atoms with Gasteiger partial charge in [0.25, 0.3) is 5.91 Å². The fourth-order valence-electron chi connectivity index (χ4n) is 2.90. The van der Waals surface area contributed by atoms with Gasteiger partial charge in [-0.3, -0.25) is 4.79 Å². The van der Waals surface area contributed by atoms with Crippen molar-refractivity contribution in [2.45, 2.75) is 25.7 Å². The summed E-state index contributed by atoms with van der Waals surface area (Å²) < 4.78 is 25.4. The summed E-state index contributed by atoms with van der Waals surface area (Å²) in [6, 6.07) is 14.2. The molecule has 0 aliphatic carbocycles. The lowest BCUT2D eigenvalue weighted by atomic mass is 10.1. The van der Waals surface area contributed by atoms with Crippen LogP contribution >= 0.6 is 0 Å². The Kier molecular flexibility index (Phi) is 4.89. The second-order valence-electron chi connectivity index (χ2n) is 6.50. The number of sulfone groups is 1. The van der Waals surface area contributed by atoms with E-state index in [1.54, 1.807) is 17.7 Å². The van der Waals surface area contributed by atoms with Crippen molar-refractivity contribution in [2.75, 3.05) is 11.6 Å². The van der Waals surface area contributed by atoms with Crippen molar-refractivity contribution in [3.8, 4) is 5.69 Å². The first-order valence-corrected chi connectivity index (χ1v) is 10.3. The molecular weight excluding hydrogens is 362 g/mol. The summed E-state index contributed by atoms with van der Waals surface area (Å²) in [7, 11) is -3.39. The zero-order chi connectivity index (χ0) is 19.8. The standard InChI is InChI=1S/C20H21N3O3S/c1-13-10-11-17(27(4,25)26)12-18(13)20(24)21-19-14(2)22-23(15(19)3)16-8-6-5-7-9-16/h5-12H,1-4H3,(H,21,24). The molecule has 3 aromatic rings. The van der Waals surface area contributed by atoms with Crippen LogP contribution in [0.2, 0.25) is 0 Å². The molecule has 0 aliphatic heterocycles. The molecule has 7 heteroatoms. The zero-order valence-corrected chi connectivity index (χ0v) is 16.5. The minimum Gasteiger partial charge on any atom is -0.319 e. The number of hydrogen-bond donors (Lipinski definition) is 1. The van der Waals surface area contributed by atoms with E-state index in [2.05, 4.69) is 10.4 Å². The van der Waals surface area contributed by atoms with Crippen LogP contribution in [-0.4, -0.2) is 30.4 Å². The van der Waals surface area contributed by atoms with Gasteiger partial charge >= 0.3 is 0 Å². The molecule has 1 amide bonds. The molecule has 0 aliphatic rings. The van der Waals surface area contributed by atoms with E-state index in [0.717, 1.165) is 17.6 Å². The third-order valence-corrected chi connectivity index (χ3v) is 5.52. The minimum atomic E-state index is -3.39. The van der Waals surface area contributed by atoms with Crippen LogP contribution in [-0.2, 0) is 9.84 Å². The van der Waals surface area contributed by atoms with Gasteiger partial charge < -0.3 is 5.32 Å². The number of nitrogens with one attached hydrogen (secondary N) is 1. The number of carbonyl (C=O) groups is 1. The average molecular weight is 383 g/mol. The number of hydrogen-bond acceptors (Lipinski definition) is 4. The van der Waals surface area contributed by atoms with E-state index in [1.807, 2.05) is 44.2 Å². The Hall–Kier alpha value is -2.93. The van der Waals surface area contributed by atoms with Crippen LogP contribution in [0.3, 0.4) is 0 Å². The normalized spacial score (nSPS) is 11.4. The van der Waals surface area contributed by atoms with Gasteiger partial charge in [-0.25, -0.2) is 13.1 Å². The third kappa shape index (κ3) is 3.78. The van der Waals surface area contributed by atoms with E-state index < -0.39 is 9.84 Å². The Balaban J connectivity index is 1.97. The molecule has 6 nitrogen and oxygen atoms in total. The van der Waals surface area contributed by atoms with E-state index in [1.165, 1.54) is 12.1 Å². The predicted octanol–water partition coefficient (Wildman–Crippen LogP) is 3.45. The number of aromatic nitrogens is 2. The van der Waals surface area contributed by atoms with Crippen molar-refractivity contribution in [1.29, 1.82) is 0 Å². The molecule has 0 saturated heterocycles. The maximum absolute atomic E-state index is 12.8. The second kappa shape index (κ2) is 7.00. The Morgan fingerprint density at radius 3 is 2.33 bits per heavy atom. The summed E-state index contributed by atoms with van der Waals surface area (Å²) in [6.45, 7) is 5.47. The van der Waals surface area contributed by atoms with Gasteiger partial charge in [-0.2, -0.15) is 5.10 Å². The summed E-state index contributed by atoms with van der Waals surface area (Å²) in [5.41, 5.74) is 4.02.